The number of aliphatic hydroxyl groups excluding tert-OH is 1. The predicted octanol–water partition coefficient (Wildman–Crippen LogP) is 2.89. The van der Waals surface area contributed by atoms with E-state index < -0.39 is 29.3 Å². The Hall–Kier alpha value is -2.67. The molecule has 0 aromatic heterocycles. The molecule has 2 aromatic carbocycles. The summed E-state index contributed by atoms with van der Waals surface area (Å²) >= 11 is 0. The first-order valence-corrected chi connectivity index (χ1v) is 7.32. The van der Waals surface area contributed by atoms with E-state index in [1.807, 2.05) is 31.1 Å². The molecule has 0 saturated carbocycles. The lowest BCUT2D eigenvalue weighted by atomic mass is 10.1. The first-order chi connectivity index (χ1) is 11.4. The molecule has 2 rings (SSSR count). The van der Waals surface area contributed by atoms with Gasteiger partial charge in [-0.1, -0.05) is 6.07 Å². The van der Waals surface area contributed by atoms with Crippen LogP contribution in [0.1, 0.15) is 11.7 Å². The number of urea groups is 1. The van der Waals surface area contributed by atoms with E-state index in [1.165, 1.54) is 6.07 Å². The van der Waals surface area contributed by atoms with Gasteiger partial charge in [0, 0.05) is 32.0 Å². The number of anilines is 2. The summed E-state index contributed by atoms with van der Waals surface area (Å²) in [6.07, 6.45) is -1.48. The van der Waals surface area contributed by atoms with E-state index in [-0.39, 0.29) is 6.54 Å². The lowest BCUT2D eigenvalue weighted by molar-refractivity contribution is 0.166. The van der Waals surface area contributed by atoms with E-state index in [9.17, 15) is 18.7 Å². The van der Waals surface area contributed by atoms with Gasteiger partial charge in [0.2, 0.25) is 0 Å². The van der Waals surface area contributed by atoms with Gasteiger partial charge in [-0.2, -0.15) is 0 Å². The summed E-state index contributed by atoms with van der Waals surface area (Å²) in [5.41, 5.74) is 1.07. The normalized spacial score (nSPS) is 11.7. The van der Waals surface area contributed by atoms with Crippen LogP contribution in [0.15, 0.2) is 42.5 Å². The Labute approximate surface area is 138 Å². The van der Waals surface area contributed by atoms with Crippen LogP contribution in [0.3, 0.4) is 0 Å². The quantitative estimate of drug-likeness (QED) is 0.787. The summed E-state index contributed by atoms with van der Waals surface area (Å²) in [5.74, 6) is -1.71. The topological polar surface area (TPSA) is 64.6 Å². The molecule has 1 unspecified atom stereocenters. The fourth-order valence-corrected chi connectivity index (χ4v) is 2.14. The van der Waals surface area contributed by atoms with Gasteiger partial charge in [-0.25, -0.2) is 13.6 Å². The number of amides is 2. The third kappa shape index (κ3) is 4.42. The minimum atomic E-state index is -1.48. The zero-order valence-corrected chi connectivity index (χ0v) is 13.4. The Balaban J connectivity index is 1.91. The second-order valence-corrected chi connectivity index (χ2v) is 5.43. The van der Waals surface area contributed by atoms with Crippen LogP contribution in [-0.2, 0) is 0 Å². The summed E-state index contributed by atoms with van der Waals surface area (Å²) in [5, 5.41) is 14.8. The lowest BCUT2D eigenvalue weighted by Gasteiger charge is -2.15. The molecule has 2 amide bonds. The molecule has 0 aliphatic rings. The van der Waals surface area contributed by atoms with Gasteiger partial charge in [-0.15, -0.1) is 0 Å². The summed E-state index contributed by atoms with van der Waals surface area (Å²) < 4.78 is 27.1. The van der Waals surface area contributed by atoms with Gasteiger partial charge in [-0.05, 0) is 36.4 Å². The molecule has 0 radical (unpaired) electrons. The highest BCUT2D eigenvalue weighted by molar-refractivity contribution is 5.89. The number of hydrogen-bond donors (Lipinski definition) is 3. The van der Waals surface area contributed by atoms with Crippen molar-refractivity contribution in [3.63, 3.8) is 0 Å². The molecule has 0 heterocycles. The van der Waals surface area contributed by atoms with Crippen molar-refractivity contribution in [3.05, 3.63) is 59.7 Å². The Morgan fingerprint density at radius 2 is 1.71 bits per heavy atom. The maximum Gasteiger partial charge on any atom is 0.319 e. The van der Waals surface area contributed by atoms with Crippen molar-refractivity contribution in [3.8, 4) is 0 Å². The third-order valence-electron chi connectivity index (χ3n) is 3.43. The fourth-order valence-electron chi connectivity index (χ4n) is 2.14. The number of rotatable bonds is 5. The highest BCUT2D eigenvalue weighted by Gasteiger charge is 2.18. The van der Waals surface area contributed by atoms with Crippen LogP contribution >= 0.6 is 0 Å². The van der Waals surface area contributed by atoms with Crippen LogP contribution in [-0.4, -0.2) is 31.8 Å². The van der Waals surface area contributed by atoms with Crippen LogP contribution in [0.2, 0.25) is 0 Å². The molecule has 0 spiro atoms. The molecule has 5 nitrogen and oxygen atoms in total. The van der Waals surface area contributed by atoms with Gasteiger partial charge in [0.05, 0.1) is 5.56 Å². The molecule has 128 valence electrons. The minimum absolute atomic E-state index is 0.320. The number of aliphatic hydroxyl groups is 1. The van der Waals surface area contributed by atoms with Crippen molar-refractivity contribution in [2.75, 3.05) is 30.9 Å². The van der Waals surface area contributed by atoms with Crippen molar-refractivity contribution in [2.24, 2.45) is 0 Å². The maximum absolute atomic E-state index is 13.5. The SMILES string of the molecule is CN(C)c1ccc(NC(=O)NCC(O)c2c(F)cccc2F)cc1. The van der Waals surface area contributed by atoms with Crippen LogP contribution in [0.25, 0.3) is 0 Å². The zero-order valence-electron chi connectivity index (χ0n) is 13.4. The average molecular weight is 335 g/mol. The van der Waals surface area contributed by atoms with Crippen molar-refractivity contribution in [1.29, 1.82) is 0 Å². The van der Waals surface area contributed by atoms with Crippen LogP contribution in [0.4, 0.5) is 25.0 Å². The van der Waals surface area contributed by atoms with Crippen LogP contribution in [0, 0.1) is 11.6 Å². The lowest BCUT2D eigenvalue weighted by Crippen LogP contribution is -2.32. The van der Waals surface area contributed by atoms with Crippen molar-refractivity contribution < 1.29 is 18.7 Å². The van der Waals surface area contributed by atoms with Crippen molar-refractivity contribution >= 4 is 17.4 Å². The second-order valence-electron chi connectivity index (χ2n) is 5.43. The molecule has 3 N–H and O–H groups in total. The Morgan fingerprint density at radius 1 is 1.12 bits per heavy atom. The molecule has 2 aromatic rings. The zero-order chi connectivity index (χ0) is 17.7. The molecule has 24 heavy (non-hydrogen) atoms. The van der Waals surface area contributed by atoms with Crippen molar-refractivity contribution in [2.45, 2.75) is 6.10 Å². The Bertz CT molecular complexity index is 685. The smallest absolute Gasteiger partial charge is 0.319 e. The van der Waals surface area contributed by atoms with Gasteiger partial charge in [0.25, 0.3) is 0 Å². The van der Waals surface area contributed by atoms with Gasteiger partial charge in [-0.3, -0.25) is 0 Å². The molecular formula is C17H19F2N3O2. The Kier molecular flexibility index (Phi) is 5.70. The largest absolute Gasteiger partial charge is 0.386 e. The first-order valence-electron chi connectivity index (χ1n) is 7.32. The summed E-state index contributed by atoms with van der Waals surface area (Å²) in [7, 11) is 3.80. The number of carbonyl (C=O) groups excluding carboxylic acids is 1. The van der Waals surface area contributed by atoms with E-state index >= 15 is 0 Å². The van der Waals surface area contributed by atoms with E-state index in [4.69, 9.17) is 0 Å². The molecule has 0 fully saturated rings. The highest BCUT2D eigenvalue weighted by atomic mass is 19.1. The number of nitrogens with zero attached hydrogens (tertiary/aromatic N) is 1. The van der Waals surface area contributed by atoms with E-state index in [0.717, 1.165) is 17.8 Å². The molecule has 7 heteroatoms. The van der Waals surface area contributed by atoms with Gasteiger partial charge >= 0.3 is 6.03 Å². The molecule has 0 bridgehead atoms. The minimum Gasteiger partial charge on any atom is -0.386 e. The standard InChI is InChI=1S/C17H19F2N3O2/c1-22(2)12-8-6-11(7-9-12)21-17(24)20-10-15(23)16-13(18)4-3-5-14(16)19/h3-9,15,23H,10H2,1-2H3,(H2,20,21,24). The van der Waals surface area contributed by atoms with E-state index in [1.54, 1.807) is 12.1 Å². The summed E-state index contributed by atoms with van der Waals surface area (Å²) in [4.78, 5) is 13.7. The summed E-state index contributed by atoms with van der Waals surface area (Å²) in [6, 6.07) is 9.84. The van der Waals surface area contributed by atoms with Crippen LogP contribution in [0.5, 0.6) is 0 Å². The number of carbonyl (C=O) groups is 1. The van der Waals surface area contributed by atoms with Gasteiger partial charge in [0.1, 0.15) is 17.7 Å². The van der Waals surface area contributed by atoms with Gasteiger partial charge < -0.3 is 20.6 Å². The van der Waals surface area contributed by atoms with Crippen molar-refractivity contribution in [1.82, 2.24) is 5.32 Å². The average Bonchev–Trinajstić information content (AvgIpc) is 2.53. The van der Waals surface area contributed by atoms with E-state index in [2.05, 4.69) is 10.6 Å². The van der Waals surface area contributed by atoms with Crippen LogP contribution < -0.4 is 15.5 Å². The highest BCUT2D eigenvalue weighted by Crippen LogP contribution is 2.20. The number of halogens is 2. The molecule has 0 aliphatic heterocycles. The molecule has 0 aliphatic carbocycles. The second kappa shape index (κ2) is 7.74. The predicted molar refractivity (Wildman–Crippen MR) is 89.1 cm³/mol. The molecule has 1 atom stereocenters. The van der Waals surface area contributed by atoms with E-state index in [0.29, 0.717) is 5.69 Å². The number of nitrogens with one attached hydrogen (secondary N) is 2. The number of hydrogen-bond acceptors (Lipinski definition) is 3. The monoisotopic (exact) mass is 335 g/mol. The maximum atomic E-state index is 13.5. The fraction of sp³-hybridized carbons (Fsp3) is 0.235. The Morgan fingerprint density at radius 3 is 2.25 bits per heavy atom. The summed E-state index contributed by atoms with van der Waals surface area (Å²) in [6.45, 7) is -0.320. The first kappa shape index (κ1) is 17.7. The number of benzene rings is 2. The third-order valence-corrected chi connectivity index (χ3v) is 3.43. The molecule has 0 saturated heterocycles. The van der Waals surface area contributed by atoms with Gasteiger partial charge in [0.15, 0.2) is 0 Å². The molecular weight excluding hydrogens is 316 g/mol.